The molecule has 0 atom stereocenters. The Bertz CT molecular complexity index is 860. The van der Waals surface area contributed by atoms with Gasteiger partial charge in [0.05, 0.1) is 0 Å². The first-order valence-corrected chi connectivity index (χ1v) is 10.00. The second-order valence-electron chi connectivity index (χ2n) is 7.50. The second kappa shape index (κ2) is 9.22. The molecule has 1 aromatic heterocycles. The molecular weight excluding hydrogens is 351 g/mol. The molecule has 2 heterocycles. The summed E-state index contributed by atoms with van der Waals surface area (Å²) in [6.45, 7) is 13.7. The van der Waals surface area contributed by atoms with Gasteiger partial charge in [-0.1, -0.05) is 12.7 Å². The summed E-state index contributed by atoms with van der Waals surface area (Å²) in [5.74, 6) is -0.301. The van der Waals surface area contributed by atoms with Crippen LogP contribution >= 0.6 is 0 Å². The van der Waals surface area contributed by atoms with Crippen molar-refractivity contribution in [3.63, 3.8) is 0 Å². The normalized spacial score (nSPS) is 15.8. The van der Waals surface area contributed by atoms with E-state index < -0.39 is 0 Å². The fraction of sp³-hybridized carbons (Fsp3) is 0.391. The van der Waals surface area contributed by atoms with Crippen molar-refractivity contribution in [1.29, 1.82) is 0 Å². The minimum Gasteiger partial charge on any atom is -0.398 e. The summed E-state index contributed by atoms with van der Waals surface area (Å²) in [7, 11) is 0. The SMILES string of the molecule is C=C/C(=C\c1[nH]c(C)c(CCCN2CCNCC2)c1C)c1cc(F)ccc1N. The first-order valence-electron chi connectivity index (χ1n) is 10.00. The van der Waals surface area contributed by atoms with Gasteiger partial charge in [-0.15, -0.1) is 0 Å². The first-order chi connectivity index (χ1) is 13.5. The summed E-state index contributed by atoms with van der Waals surface area (Å²) in [5.41, 5.74) is 12.9. The number of aromatic amines is 1. The first kappa shape index (κ1) is 20.4. The van der Waals surface area contributed by atoms with Crippen LogP contribution < -0.4 is 11.1 Å². The van der Waals surface area contributed by atoms with Crippen molar-refractivity contribution in [2.24, 2.45) is 0 Å². The molecule has 1 aliphatic heterocycles. The Labute approximate surface area is 167 Å². The van der Waals surface area contributed by atoms with Crippen LogP contribution in [0.1, 0.15) is 34.5 Å². The Morgan fingerprint density at radius 2 is 2.04 bits per heavy atom. The summed E-state index contributed by atoms with van der Waals surface area (Å²) in [5, 5.41) is 3.40. The standard InChI is InChI=1S/C23H31FN4/c1-4-18(21-15-19(24)7-8-22(21)25)14-23-16(2)20(17(3)27-23)6-5-11-28-12-9-26-10-13-28/h4,7-8,14-15,26-27H,1,5-6,9-13,25H2,2-3H3/b18-14+. The highest BCUT2D eigenvalue weighted by molar-refractivity contribution is 5.91. The van der Waals surface area contributed by atoms with Crippen LogP contribution in [0.5, 0.6) is 0 Å². The number of nitrogens with two attached hydrogens (primary N) is 1. The molecule has 0 aliphatic carbocycles. The van der Waals surface area contributed by atoms with Crippen LogP contribution in [0.4, 0.5) is 10.1 Å². The lowest BCUT2D eigenvalue weighted by Crippen LogP contribution is -2.43. The molecule has 1 aromatic carbocycles. The van der Waals surface area contributed by atoms with Crippen LogP contribution in [0.15, 0.2) is 30.9 Å². The Morgan fingerprint density at radius 3 is 2.75 bits per heavy atom. The van der Waals surface area contributed by atoms with Gasteiger partial charge in [0.2, 0.25) is 0 Å². The molecule has 1 saturated heterocycles. The van der Waals surface area contributed by atoms with Crippen LogP contribution in [0.25, 0.3) is 11.6 Å². The van der Waals surface area contributed by atoms with E-state index in [1.54, 1.807) is 12.1 Å². The van der Waals surface area contributed by atoms with Gasteiger partial charge in [0.1, 0.15) is 5.82 Å². The number of aryl methyl sites for hydroxylation is 1. The molecule has 2 aromatic rings. The minimum atomic E-state index is -0.301. The van der Waals surface area contributed by atoms with E-state index in [0.717, 1.165) is 56.8 Å². The molecule has 28 heavy (non-hydrogen) atoms. The minimum absolute atomic E-state index is 0.301. The van der Waals surface area contributed by atoms with Crippen molar-refractivity contribution in [1.82, 2.24) is 15.2 Å². The number of hydrogen-bond acceptors (Lipinski definition) is 3. The fourth-order valence-electron chi connectivity index (χ4n) is 3.93. The number of nitrogen functional groups attached to an aromatic ring is 1. The van der Waals surface area contributed by atoms with Crippen molar-refractivity contribution in [2.75, 3.05) is 38.5 Å². The largest absolute Gasteiger partial charge is 0.398 e. The molecule has 150 valence electrons. The van der Waals surface area contributed by atoms with Gasteiger partial charge < -0.3 is 20.9 Å². The highest BCUT2D eigenvalue weighted by Gasteiger charge is 2.13. The van der Waals surface area contributed by atoms with Gasteiger partial charge in [0.25, 0.3) is 0 Å². The number of rotatable bonds is 7. The zero-order chi connectivity index (χ0) is 20.1. The number of anilines is 1. The molecular formula is C23H31FN4. The molecule has 0 unspecified atom stereocenters. The summed E-state index contributed by atoms with van der Waals surface area (Å²) >= 11 is 0. The lowest BCUT2D eigenvalue weighted by atomic mass is 10.00. The average Bonchev–Trinajstić information content (AvgIpc) is 2.96. The number of allylic oxidation sites excluding steroid dienone is 2. The second-order valence-corrected chi connectivity index (χ2v) is 7.50. The number of nitrogens with one attached hydrogen (secondary N) is 2. The molecule has 0 saturated carbocycles. The van der Waals surface area contributed by atoms with Gasteiger partial charge >= 0.3 is 0 Å². The van der Waals surface area contributed by atoms with Gasteiger partial charge in [-0.05, 0) is 74.2 Å². The van der Waals surface area contributed by atoms with E-state index in [-0.39, 0.29) is 5.82 Å². The number of piperazine rings is 1. The Morgan fingerprint density at radius 1 is 1.29 bits per heavy atom. The van der Waals surface area contributed by atoms with Crippen molar-refractivity contribution >= 4 is 17.3 Å². The zero-order valence-corrected chi connectivity index (χ0v) is 16.9. The maximum atomic E-state index is 13.7. The molecule has 1 fully saturated rings. The number of nitrogens with zero attached hydrogens (tertiary/aromatic N) is 1. The van der Waals surface area contributed by atoms with Crippen LogP contribution in [0.2, 0.25) is 0 Å². The molecule has 1 aliphatic rings. The predicted molar refractivity (Wildman–Crippen MR) is 117 cm³/mol. The number of aromatic nitrogens is 1. The van der Waals surface area contributed by atoms with Gasteiger partial charge in [0, 0.05) is 48.8 Å². The lowest BCUT2D eigenvalue weighted by molar-refractivity contribution is 0.238. The van der Waals surface area contributed by atoms with Crippen molar-refractivity contribution in [2.45, 2.75) is 26.7 Å². The topological polar surface area (TPSA) is 57.1 Å². The molecule has 4 nitrogen and oxygen atoms in total. The van der Waals surface area contributed by atoms with E-state index in [4.69, 9.17) is 5.73 Å². The summed E-state index contributed by atoms with van der Waals surface area (Å²) < 4.78 is 13.7. The van der Waals surface area contributed by atoms with Gasteiger partial charge in [0.15, 0.2) is 0 Å². The van der Waals surface area contributed by atoms with Gasteiger partial charge in [-0.25, -0.2) is 4.39 Å². The average molecular weight is 383 g/mol. The number of hydrogen-bond donors (Lipinski definition) is 3. The molecule has 3 rings (SSSR count). The van der Waals surface area contributed by atoms with Gasteiger partial charge in [-0.3, -0.25) is 0 Å². The molecule has 0 bridgehead atoms. The maximum absolute atomic E-state index is 13.7. The molecule has 4 N–H and O–H groups in total. The van der Waals surface area contributed by atoms with Crippen molar-refractivity contribution in [3.05, 3.63) is 64.7 Å². The Kier molecular flexibility index (Phi) is 6.70. The van der Waals surface area contributed by atoms with E-state index in [2.05, 4.69) is 35.6 Å². The summed E-state index contributed by atoms with van der Waals surface area (Å²) in [6.07, 6.45) is 5.94. The van der Waals surface area contributed by atoms with E-state index in [9.17, 15) is 4.39 Å². The predicted octanol–water partition coefficient (Wildman–Crippen LogP) is 3.92. The monoisotopic (exact) mass is 382 g/mol. The van der Waals surface area contributed by atoms with E-state index in [1.165, 1.54) is 29.0 Å². The number of halogens is 1. The van der Waals surface area contributed by atoms with Crippen LogP contribution in [0.3, 0.4) is 0 Å². The molecule has 0 radical (unpaired) electrons. The smallest absolute Gasteiger partial charge is 0.123 e. The quantitative estimate of drug-likeness (QED) is 0.503. The zero-order valence-electron chi connectivity index (χ0n) is 16.9. The summed E-state index contributed by atoms with van der Waals surface area (Å²) in [4.78, 5) is 6.01. The molecule has 5 heteroatoms. The third kappa shape index (κ3) is 4.72. The van der Waals surface area contributed by atoms with Crippen LogP contribution in [-0.2, 0) is 6.42 Å². The highest BCUT2D eigenvalue weighted by atomic mass is 19.1. The Balaban J connectivity index is 1.77. The maximum Gasteiger partial charge on any atom is 0.123 e. The molecule has 0 amide bonds. The number of H-pyrrole nitrogens is 1. The van der Waals surface area contributed by atoms with E-state index in [0.29, 0.717) is 11.3 Å². The Hall–Kier alpha value is -2.37. The lowest BCUT2D eigenvalue weighted by Gasteiger charge is -2.27. The summed E-state index contributed by atoms with van der Waals surface area (Å²) in [6, 6.07) is 4.43. The molecule has 0 spiro atoms. The van der Waals surface area contributed by atoms with Crippen molar-refractivity contribution in [3.8, 4) is 0 Å². The van der Waals surface area contributed by atoms with E-state index in [1.807, 2.05) is 6.08 Å². The highest BCUT2D eigenvalue weighted by Crippen LogP contribution is 2.28. The third-order valence-electron chi connectivity index (χ3n) is 5.59. The van der Waals surface area contributed by atoms with Crippen LogP contribution in [-0.4, -0.2) is 42.6 Å². The van der Waals surface area contributed by atoms with Crippen molar-refractivity contribution < 1.29 is 4.39 Å². The third-order valence-corrected chi connectivity index (χ3v) is 5.59. The van der Waals surface area contributed by atoms with E-state index >= 15 is 0 Å². The number of benzene rings is 1. The van der Waals surface area contributed by atoms with Crippen LogP contribution in [0, 0.1) is 19.7 Å². The van der Waals surface area contributed by atoms with Gasteiger partial charge in [-0.2, -0.15) is 0 Å². The fourth-order valence-corrected chi connectivity index (χ4v) is 3.93.